The predicted molar refractivity (Wildman–Crippen MR) is 70.8 cm³/mol. The molecule has 1 aliphatic rings. The lowest BCUT2D eigenvalue weighted by atomic mass is 9.90. The lowest BCUT2D eigenvalue weighted by Gasteiger charge is -2.32. The first-order valence-electron chi connectivity index (χ1n) is 6.22. The summed E-state index contributed by atoms with van der Waals surface area (Å²) in [6.07, 6.45) is 2.93. The van der Waals surface area contributed by atoms with Gasteiger partial charge in [0.05, 0.1) is 11.2 Å². The van der Waals surface area contributed by atoms with E-state index in [-0.39, 0.29) is 0 Å². The third kappa shape index (κ3) is 2.74. The van der Waals surface area contributed by atoms with Crippen molar-refractivity contribution < 1.29 is 18.1 Å². The second-order valence-electron chi connectivity index (χ2n) is 5.60. The molecule has 2 heterocycles. The molecule has 1 saturated heterocycles. The minimum atomic E-state index is -2.55. The van der Waals surface area contributed by atoms with Gasteiger partial charge < -0.3 is 9.31 Å². The van der Waals surface area contributed by atoms with E-state index in [1.54, 1.807) is 24.2 Å². The Hall–Kier alpha value is -1.14. The Bertz CT molecular complexity index is 467. The summed E-state index contributed by atoms with van der Waals surface area (Å²) in [7, 11) is -0.522. The summed E-state index contributed by atoms with van der Waals surface area (Å²) in [5.41, 5.74) is -0.427. The van der Waals surface area contributed by atoms with E-state index in [4.69, 9.17) is 9.31 Å². The largest absolute Gasteiger partial charge is 0.487 e. The summed E-state index contributed by atoms with van der Waals surface area (Å²) in [5, 5.41) is 0. The van der Waals surface area contributed by atoms with E-state index < -0.39 is 24.9 Å². The predicted octanol–water partition coefficient (Wildman–Crippen LogP) is 3.53. The van der Waals surface area contributed by atoms with Crippen molar-refractivity contribution in [2.45, 2.75) is 45.4 Å². The Morgan fingerprint density at radius 2 is 1.79 bits per heavy atom. The normalized spacial score (nSPS) is 21.7. The SMILES string of the molecule is CC1(C)OB(/C=C/c2cccn2C(F)F)OC1(C)C. The zero-order chi connectivity index (χ0) is 14.3. The van der Waals surface area contributed by atoms with Crippen LogP contribution in [0, 0.1) is 0 Å². The summed E-state index contributed by atoms with van der Waals surface area (Å²) in [5.74, 6) is 1.66. The molecule has 6 heteroatoms. The zero-order valence-electron chi connectivity index (χ0n) is 11.6. The van der Waals surface area contributed by atoms with Crippen LogP contribution in [0.3, 0.4) is 0 Å². The highest BCUT2D eigenvalue weighted by atomic mass is 19.3. The minimum absolute atomic E-state index is 0.421. The van der Waals surface area contributed by atoms with Crippen LogP contribution in [0.25, 0.3) is 6.08 Å². The average Bonchev–Trinajstić information content (AvgIpc) is 2.79. The summed E-state index contributed by atoms with van der Waals surface area (Å²) in [6, 6.07) is 3.20. The number of nitrogens with zero attached hydrogens (tertiary/aromatic N) is 1. The quantitative estimate of drug-likeness (QED) is 0.783. The highest BCUT2D eigenvalue weighted by Crippen LogP contribution is 2.37. The Kier molecular flexibility index (Phi) is 3.58. The third-order valence-corrected chi connectivity index (χ3v) is 3.72. The number of aromatic nitrogens is 1. The molecule has 1 aliphatic heterocycles. The van der Waals surface area contributed by atoms with Crippen LogP contribution in [0.4, 0.5) is 8.78 Å². The van der Waals surface area contributed by atoms with Gasteiger partial charge in [0.1, 0.15) is 0 Å². The standard InChI is InChI=1S/C13H18BF2NO2/c1-12(2)13(3,4)19-14(18-12)8-7-10-6-5-9-17(10)11(15)16/h5-9,11H,1-4H3/b8-7+. The molecule has 1 aromatic heterocycles. The van der Waals surface area contributed by atoms with E-state index in [1.165, 1.54) is 6.20 Å². The van der Waals surface area contributed by atoms with Gasteiger partial charge in [-0.15, -0.1) is 0 Å². The van der Waals surface area contributed by atoms with Crippen LogP contribution < -0.4 is 0 Å². The smallest absolute Gasteiger partial charge is 0.400 e. The van der Waals surface area contributed by atoms with Gasteiger partial charge in [-0.25, -0.2) is 0 Å². The fourth-order valence-electron chi connectivity index (χ4n) is 1.87. The maximum atomic E-state index is 12.7. The van der Waals surface area contributed by atoms with Gasteiger partial charge in [-0.2, -0.15) is 8.78 Å². The van der Waals surface area contributed by atoms with Crippen molar-refractivity contribution in [3.8, 4) is 0 Å². The molecule has 1 fully saturated rings. The maximum absolute atomic E-state index is 12.7. The average molecular weight is 269 g/mol. The van der Waals surface area contributed by atoms with Gasteiger partial charge in [-0.1, -0.05) is 5.98 Å². The molecule has 0 N–H and O–H groups in total. The highest BCUT2D eigenvalue weighted by Gasteiger charge is 2.50. The molecule has 2 rings (SSSR count). The Balaban J connectivity index is 2.11. The summed E-state index contributed by atoms with van der Waals surface area (Å²) in [4.78, 5) is 0. The third-order valence-electron chi connectivity index (χ3n) is 3.72. The Morgan fingerprint density at radius 3 is 2.32 bits per heavy atom. The molecule has 0 amide bonds. The van der Waals surface area contributed by atoms with Gasteiger partial charge in [-0.3, -0.25) is 4.57 Å². The van der Waals surface area contributed by atoms with E-state index in [2.05, 4.69) is 0 Å². The van der Waals surface area contributed by atoms with Crippen LogP contribution in [-0.4, -0.2) is 22.9 Å². The first kappa shape index (κ1) is 14.3. The van der Waals surface area contributed by atoms with Crippen molar-refractivity contribution in [3.05, 3.63) is 30.0 Å². The van der Waals surface area contributed by atoms with Crippen molar-refractivity contribution in [2.75, 3.05) is 0 Å². The molecule has 3 nitrogen and oxygen atoms in total. The zero-order valence-corrected chi connectivity index (χ0v) is 11.6. The number of halogens is 2. The first-order chi connectivity index (χ1) is 8.73. The Morgan fingerprint density at radius 1 is 1.21 bits per heavy atom. The minimum Gasteiger partial charge on any atom is -0.400 e. The molecule has 0 aliphatic carbocycles. The number of alkyl halides is 2. The van der Waals surface area contributed by atoms with Crippen molar-refractivity contribution in [1.82, 2.24) is 4.57 Å². The number of hydrogen-bond acceptors (Lipinski definition) is 2. The van der Waals surface area contributed by atoms with Gasteiger partial charge in [0.2, 0.25) is 0 Å². The molecular formula is C13H18BF2NO2. The lowest BCUT2D eigenvalue weighted by molar-refractivity contribution is 0.00578. The van der Waals surface area contributed by atoms with Crippen molar-refractivity contribution >= 4 is 13.2 Å². The highest BCUT2D eigenvalue weighted by molar-refractivity contribution is 6.52. The molecule has 19 heavy (non-hydrogen) atoms. The van der Waals surface area contributed by atoms with Gasteiger partial charge in [-0.05, 0) is 45.9 Å². The number of hydrogen-bond donors (Lipinski definition) is 0. The van der Waals surface area contributed by atoms with Crippen LogP contribution >= 0.6 is 0 Å². The maximum Gasteiger partial charge on any atom is 0.487 e. The molecule has 1 aromatic rings. The summed E-state index contributed by atoms with van der Waals surface area (Å²) >= 11 is 0. The van der Waals surface area contributed by atoms with Crippen LogP contribution in [0.1, 0.15) is 39.9 Å². The molecule has 0 radical (unpaired) electrons. The van der Waals surface area contributed by atoms with E-state index in [1.807, 2.05) is 27.7 Å². The van der Waals surface area contributed by atoms with Crippen molar-refractivity contribution in [2.24, 2.45) is 0 Å². The van der Waals surface area contributed by atoms with Crippen molar-refractivity contribution in [3.63, 3.8) is 0 Å². The summed E-state index contributed by atoms with van der Waals surface area (Å²) < 4.78 is 37.8. The van der Waals surface area contributed by atoms with Crippen LogP contribution in [0.15, 0.2) is 24.3 Å². The molecule has 0 aromatic carbocycles. The Labute approximate surface area is 112 Å². The van der Waals surface area contributed by atoms with Gasteiger partial charge in [0.25, 0.3) is 0 Å². The second kappa shape index (κ2) is 4.76. The van der Waals surface area contributed by atoms with Crippen LogP contribution in [-0.2, 0) is 9.31 Å². The monoisotopic (exact) mass is 269 g/mol. The fourth-order valence-corrected chi connectivity index (χ4v) is 1.87. The molecule has 0 saturated carbocycles. The molecule has 0 spiro atoms. The van der Waals surface area contributed by atoms with Gasteiger partial charge in [0, 0.05) is 11.9 Å². The molecular weight excluding hydrogens is 251 g/mol. The van der Waals surface area contributed by atoms with Crippen molar-refractivity contribution in [1.29, 1.82) is 0 Å². The van der Waals surface area contributed by atoms with Crippen LogP contribution in [0.2, 0.25) is 0 Å². The summed E-state index contributed by atoms with van der Waals surface area (Å²) in [6.45, 7) is 5.24. The van der Waals surface area contributed by atoms with Crippen LogP contribution in [0.5, 0.6) is 0 Å². The van der Waals surface area contributed by atoms with Gasteiger partial charge >= 0.3 is 13.7 Å². The van der Waals surface area contributed by atoms with E-state index in [0.717, 1.165) is 4.57 Å². The van der Waals surface area contributed by atoms with E-state index in [9.17, 15) is 8.78 Å². The van der Waals surface area contributed by atoms with E-state index in [0.29, 0.717) is 5.69 Å². The first-order valence-corrected chi connectivity index (χ1v) is 6.22. The second-order valence-corrected chi connectivity index (χ2v) is 5.60. The molecule has 0 bridgehead atoms. The number of rotatable bonds is 3. The molecule has 0 unspecified atom stereocenters. The van der Waals surface area contributed by atoms with Gasteiger partial charge in [0.15, 0.2) is 0 Å². The topological polar surface area (TPSA) is 23.4 Å². The molecule has 104 valence electrons. The van der Waals surface area contributed by atoms with E-state index >= 15 is 0 Å². The lowest BCUT2D eigenvalue weighted by Crippen LogP contribution is -2.41. The molecule has 0 atom stereocenters. The fraction of sp³-hybridized carbons (Fsp3) is 0.538.